The molecule has 1 rings (SSSR count). The molecule has 0 fully saturated rings. The molecular formula is C10H15N3O3S. The molecule has 0 aromatic heterocycles. The van der Waals surface area contributed by atoms with Crippen LogP contribution >= 0.6 is 0 Å². The van der Waals surface area contributed by atoms with Crippen molar-refractivity contribution in [1.29, 1.82) is 0 Å². The van der Waals surface area contributed by atoms with Crippen molar-refractivity contribution in [1.82, 2.24) is 10.0 Å². The summed E-state index contributed by atoms with van der Waals surface area (Å²) < 4.78 is 25.7. The lowest BCUT2D eigenvalue weighted by atomic mass is 10.1. The van der Waals surface area contributed by atoms with Crippen molar-refractivity contribution in [2.24, 2.45) is 0 Å². The molecule has 0 saturated carbocycles. The van der Waals surface area contributed by atoms with Gasteiger partial charge in [0.2, 0.25) is 0 Å². The lowest BCUT2D eigenvalue weighted by Crippen LogP contribution is -2.37. The summed E-state index contributed by atoms with van der Waals surface area (Å²) >= 11 is 0. The Kier molecular flexibility index (Phi) is 3.62. The molecule has 0 bridgehead atoms. The van der Waals surface area contributed by atoms with E-state index in [2.05, 4.69) is 5.32 Å². The maximum atomic E-state index is 11.9. The van der Waals surface area contributed by atoms with Crippen molar-refractivity contribution < 1.29 is 13.2 Å². The number of hydrogen-bond donors (Lipinski definition) is 3. The van der Waals surface area contributed by atoms with E-state index in [1.165, 1.54) is 13.1 Å². The van der Waals surface area contributed by atoms with E-state index in [1.807, 2.05) is 4.72 Å². The first-order chi connectivity index (χ1) is 7.77. The van der Waals surface area contributed by atoms with Gasteiger partial charge in [0.25, 0.3) is 10.0 Å². The summed E-state index contributed by atoms with van der Waals surface area (Å²) in [4.78, 5) is 11.1. The van der Waals surface area contributed by atoms with Crippen LogP contribution in [-0.4, -0.2) is 21.5 Å². The van der Waals surface area contributed by atoms with E-state index >= 15 is 0 Å². The monoisotopic (exact) mass is 257 g/mol. The van der Waals surface area contributed by atoms with Crippen molar-refractivity contribution >= 4 is 21.7 Å². The second-order valence-electron chi connectivity index (χ2n) is 3.65. The summed E-state index contributed by atoms with van der Waals surface area (Å²) in [6, 6.07) is 2.21. The molecule has 0 heterocycles. The average molecular weight is 257 g/mol. The summed E-state index contributed by atoms with van der Waals surface area (Å²) in [5, 5.41) is 2.18. The second-order valence-corrected chi connectivity index (χ2v) is 5.30. The molecule has 1 aromatic rings. The number of nitrogen functional groups attached to an aromatic ring is 1. The predicted octanol–water partition coefficient (Wildman–Crippen LogP) is 0.503. The van der Waals surface area contributed by atoms with Gasteiger partial charge in [-0.1, -0.05) is 0 Å². The molecule has 7 heteroatoms. The highest BCUT2D eigenvalue weighted by atomic mass is 32.2. The smallest absolute Gasteiger partial charge is 0.328 e. The number of nitrogens with one attached hydrogen (secondary N) is 2. The molecule has 2 amide bonds. The normalized spacial score (nSPS) is 11.0. The minimum Gasteiger partial charge on any atom is -0.399 e. The van der Waals surface area contributed by atoms with Crippen LogP contribution in [0.3, 0.4) is 0 Å². The zero-order chi connectivity index (χ0) is 13.2. The van der Waals surface area contributed by atoms with Crippen LogP contribution in [-0.2, 0) is 10.0 Å². The number of carbonyl (C=O) groups is 1. The molecule has 0 saturated heterocycles. The first-order valence-electron chi connectivity index (χ1n) is 4.89. The van der Waals surface area contributed by atoms with E-state index in [1.54, 1.807) is 19.9 Å². The van der Waals surface area contributed by atoms with Crippen LogP contribution in [0.25, 0.3) is 0 Å². The van der Waals surface area contributed by atoms with Gasteiger partial charge in [-0.25, -0.2) is 17.9 Å². The number of hydrogen-bond acceptors (Lipinski definition) is 4. The molecule has 0 unspecified atom stereocenters. The van der Waals surface area contributed by atoms with Crippen LogP contribution in [0.15, 0.2) is 17.0 Å². The summed E-state index contributed by atoms with van der Waals surface area (Å²) in [7, 11) is -2.55. The quantitative estimate of drug-likeness (QED) is 0.671. The van der Waals surface area contributed by atoms with E-state index in [-0.39, 0.29) is 4.90 Å². The van der Waals surface area contributed by atoms with Crippen molar-refractivity contribution in [3.8, 4) is 0 Å². The van der Waals surface area contributed by atoms with Crippen LogP contribution in [0.1, 0.15) is 11.1 Å². The Morgan fingerprint density at radius 1 is 1.29 bits per heavy atom. The molecule has 0 spiro atoms. The SMILES string of the molecule is CNC(=O)NS(=O)(=O)c1cc(N)cc(C)c1C. The molecule has 0 aliphatic heterocycles. The van der Waals surface area contributed by atoms with Crippen LogP contribution in [0.2, 0.25) is 0 Å². The Balaban J connectivity index is 3.29. The first-order valence-corrected chi connectivity index (χ1v) is 6.37. The fourth-order valence-corrected chi connectivity index (χ4v) is 2.67. The maximum absolute atomic E-state index is 11.9. The minimum absolute atomic E-state index is 0.0126. The Morgan fingerprint density at radius 2 is 1.88 bits per heavy atom. The zero-order valence-corrected chi connectivity index (χ0v) is 10.7. The molecule has 94 valence electrons. The molecule has 0 atom stereocenters. The molecule has 4 N–H and O–H groups in total. The van der Waals surface area contributed by atoms with E-state index in [0.29, 0.717) is 11.3 Å². The van der Waals surface area contributed by atoms with Crippen LogP contribution < -0.4 is 15.8 Å². The van der Waals surface area contributed by atoms with Gasteiger partial charge in [0, 0.05) is 12.7 Å². The molecule has 6 nitrogen and oxygen atoms in total. The Labute approximate surface area is 100 Å². The van der Waals surface area contributed by atoms with Crippen molar-refractivity contribution in [2.45, 2.75) is 18.7 Å². The number of amides is 2. The zero-order valence-electron chi connectivity index (χ0n) is 9.87. The van der Waals surface area contributed by atoms with Gasteiger partial charge >= 0.3 is 6.03 Å². The highest BCUT2D eigenvalue weighted by Gasteiger charge is 2.20. The van der Waals surface area contributed by atoms with Crippen molar-refractivity contribution in [2.75, 3.05) is 12.8 Å². The highest BCUT2D eigenvalue weighted by molar-refractivity contribution is 7.90. The third kappa shape index (κ3) is 2.88. The summed E-state index contributed by atoms with van der Waals surface area (Å²) in [6.45, 7) is 3.41. The lowest BCUT2D eigenvalue weighted by molar-refractivity contribution is 0.248. The first kappa shape index (κ1) is 13.3. The third-order valence-corrected chi connectivity index (χ3v) is 3.84. The van der Waals surface area contributed by atoms with Gasteiger partial charge in [0.1, 0.15) is 0 Å². The van der Waals surface area contributed by atoms with Gasteiger partial charge in [0.15, 0.2) is 0 Å². The van der Waals surface area contributed by atoms with Gasteiger partial charge in [-0.15, -0.1) is 0 Å². The van der Waals surface area contributed by atoms with Crippen LogP contribution in [0, 0.1) is 13.8 Å². The summed E-state index contributed by atoms with van der Waals surface area (Å²) in [5.41, 5.74) is 7.25. The Morgan fingerprint density at radius 3 is 2.41 bits per heavy atom. The molecule has 1 aromatic carbocycles. The number of rotatable bonds is 2. The summed E-state index contributed by atoms with van der Waals surface area (Å²) in [5.74, 6) is 0. The van der Waals surface area contributed by atoms with Crippen LogP contribution in [0.5, 0.6) is 0 Å². The second kappa shape index (κ2) is 4.62. The Hall–Kier alpha value is -1.76. The number of nitrogens with two attached hydrogens (primary N) is 1. The lowest BCUT2D eigenvalue weighted by Gasteiger charge is -2.11. The highest BCUT2D eigenvalue weighted by Crippen LogP contribution is 2.21. The van der Waals surface area contributed by atoms with E-state index in [9.17, 15) is 13.2 Å². The van der Waals surface area contributed by atoms with Gasteiger partial charge in [-0.3, -0.25) is 0 Å². The number of anilines is 1. The third-order valence-electron chi connectivity index (χ3n) is 2.39. The van der Waals surface area contributed by atoms with E-state index in [0.717, 1.165) is 5.56 Å². The number of carbonyl (C=O) groups excluding carboxylic acids is 1. The van der Waals surface area contributed by atoms with Crippen molar-refractivity contribution in [3.05, 3.63) is 23.3 Å². The molecule has 17 heavy (non-hydrogen) atoms. The van der Waals surface area contributed by atoms with E-state index in [4.69, 9.17) is 5.73 Å². The number of aryl methyl sites for hydroxylation is 1. The fourth-order valence-electron chi connectivity index (χ4n) is 1.36. The standard InChI is InChI=1S/C10H15N3O3S/c1-6-4-8(11)5-9(7(6)2)17(15,16)13-10(14)12-3/h4-5H,11H2,1-3H3,(H2,12,13,14). The topological polar surface area (TPSA) is 101 Å². The Bertz CT molecular complexity index is 552. The average Bonchev–Trinajstić information content (AvgIpc) is 2.22. The van der Waals surface area contributed by atoms with Gasteiger partial charge in [0.05, 0.1) is 4.90 Å². The van der Waals surface area contributed by atoms with Crippen LogP contribution in [0.4, 0.5) is 10.5 Å². The number of sulfonamides is 1. The largest absolute Gasteiger partial charge is 0.399 e. The van der Waals surface area contributed by atoms with Gasteiger partial charge in [-0.05, 0) is 37.1 Å². The van der Waals surface area contributed by atoms with E-state index < -0.39 is 16.1 Å². The number of benzene rings is 1. The summed E-state index contributed by atoms with van der Waals surface area (Å²) in [6.07, 6.45) is 0. The maximum Gasteiger partial charge on any atom is 0.328 e. The molecule has 0 aliphatic carbocycles. The molecular weight excluding hydrogens is 242 g/mol. The van der Waals surface area contributed by atoms with Gasteiger partial charge in [-0.2, -0.15) is 0 Å². The molecule has 0 aliphatic rings. The minimum atomic E-state index is -3.89. The fraction of sp³-hybridized carbons (Fsp3) is 0.300. The molecule has 0 radical (unpaired) electrons. The predicted molar refractivity (Wildman–Crippen MR) is 65.1 cm³/mol. The van der Waals surface area contributed by atoms with Crippen molar-refractivity contribution in [3.63, 3.8) is 0 Å². The number of urea groups is 1. The van der Waals surface area contributed by atoms with Gasteiger partial charge < -0.3 is 11.1 Å².